The van der Waals surface area contributed by atoms with E-state index in [1.165, 1.54) is 16.8 Å². The average Bonchev–Trinajstić information content (AvgIpc) is 3.06. The number of anilines is 1. The molecule has 3 aromatic heterocycles. The minimum absolute atomic E-state index is 0.613. The molecule has 7 heteroatoms. The monoisotopic (exact) mass is 417 g/mol. The number of hydrogen-bond acceptors (Lipinski definition) is 6. The normalized spacial score (nSPS) is 11.0. The molecule has 0 aliphatic heterocycles. The van der Waals surface area contributed by atoms with E-state index in [9.17, 15) is 0 Å². The third kappa shape index (κ3) is 4.17. The maximum atomic E-state index is 5.44. The summed E-state index contributed by atoms with van der Waals surface area (Å²) in [5, 5.41) is 4.49. The van der Waals surface area contributed by atoms with E-state index in [-0.39, 0.29) is 0 Å². The summed E-state index contributed by atoms with van der Waals surface area (Å²) in [5.74, 6) is 2.32. The molecule has 1 N–H and O–H groups in total. The van der Waals surface area contributed by atoms with Gasteiger partial charge in [-0.05, 0) is 55.7 Å². The predicted molar refractivity (Wildman–Crippen MR) is 122 cm³/mol. The Balaban J connectivity index is 1.59. The summed E-state index contributed by atoms with van der Waals surface area (Å²) in [6.07, 6.45) is 4.27. The van der Waals surface area contributed by atoms with E-state index < -0.39 is 0 Å². The van der Waals surface area contributed by atoms with E-state index in [0.717, 1.165) is 47.0 Å². The van der Waals surface area contributed by atoms with Gasteiger partial charge in [0.2, 0.25) is 0 Å². The number of ether oxygens (including phenoxy) is 2. The second-order valence-electron chi connectivity index (χ2n) is 7.40. The Kier molecular flexibility index (Phi) is 6.02. The number of benzene rings is 1. The van der Waals surface area contributed by atoms with Gasteiger partial charge >= 0.3 is 0 Å². The van der Waals surface area contributed by atoms with Gasteiger partial charge in [-0.3, -0.25) is 4.98 Å². The van der Waals surface area contributed by atoms with Crippen molar-refractivity contribution < 1.29 is 9.47 Å². The van der Waals surface area contributed by atoms with Crippen LogP contribution in [0.4, 0.5) is 5.82 Å². The molecule has 4 rings (SSSR count). The van der Waals surface area contributed by atoms with Crippen molar-refractivity contribution in [2.24, 2.45) is 0 Å². The number of aryl methyl sites for hydroxylation is 3. The Hall–Kier alpha value is -3.61. The van der Waals surface area contributed by atoms with Gasteiger partial charge in [-0.15, -0.1) is 0 Å². The van der Waals surface area contributed by atoms with Crippen LogP contribution in [0.3, 0.4) is 0 Å². The third-order valence-electron chi connectivity index (χ3n) is 5.64. The fourth-order valence-electron chi connectivity index (χ4n) is 3.83. The molecule has 0 aliphatic rings. The Morgan fingerprint density at radius 1 is 0.968 bits per heavy atom. The van der Waals surface area contributed by atoms with E-state index in [1.54, 1.807) is 26.7 Å². The van der Waals surface area contributed by atoms with Crippen LogP contribution in [0.25, 0.3) is 11.0 Å². The van der Waals surface area contributed by atoms with Crippen LogP contribution in [0.15, 0.2) is 48.9 Å². The number of rotatable bonds is 8. The smallest absolute Gasteiger partial charge is 0.160 e. The summed E-state index contributed by atoms with van der Waals surface area (Å²) in [7, 11) is 3.31. The highest BCUT2D eigenvalue weighted by atomic mass is 16.5. The summed E-state index contributed by atoms with van der Waals surface area (Å²) in [6, 6.07) is 11.9. The van der Waals surface area contributed by atoms with Gasteiger partial charge in [-0.1, -0.05) is 12.1 Å². The zero-order chi connectivity index (χ0) is 21.8. The largest absolute Gasteiger partial charge is 0.493 e. The number of methoxy groups -OCH3 is 2. The molecule has 0 amide bonds. The fraction of sp³-hybridized carbons (Fsp3) is 0.292. The molecule has 4 aromatic rings. The molecule has 0 atom stereocenters. The first-order valence-electron chi connectivity index (χ1n) is 10.3. The Morgan fingerprint density at radius 2 is 1.81 bits per heavy atom. The first kappa shape index (κ1) is 20.7. The van der Waals surface area contributed by atoms with Crippen LogP contribution < -0.4 is 14.8 Å². The lowest BCUT2D eigenvalue weighted by atomic mass is 10.1. The third-order valence-corrected chi connectivity index (χ3v) is 5.64. The van der Waals surface area contributed by atoms with E-state index in [1.807, 2.05) is 30.3 Å². The minimum Gasteiger partial charge on any atom is -0.493 e. The Morgan fingerprint density at radius 3 is 2.55 bits per heavy atom. The molecule has 31 heavy (non-hydrogen) atoms. The van der Waals surface area contributed by atoms with Crippen LogP contribution in [0.2, 0.25) is 0 Å². The van der Waals surface area contributed by atoms with Crippen molar-refractivity contribution in [2.45, 2.75) is 33.4 Å². The van der Waals surface area contributed by atoms with Crippen LogP contribution in [-0.4, -0.2) is 33.7 Å². The predicted octanol–water partition coefficient (Wildman–Crippen LogP) is 4.32. The molecule has 0 saturated carbocycles. The van der Waals surface area contributed by atoms with Crippen molar-refractivity contribution in [3.8, 4) is 11.5 Å². The standard InChI is InChI=1S/C24H27N5O2/c1-16-17(2)29(12-10-18-8-9-20(30-3)21(13-18)31-4)24-22(16)23(27-15-28-24)26-14-19-7-5-6-11-25-19/h5-9,11,13,15H,10,12,14H2,1-4H3,(H,26,27,28). The van der Waals surface area contributed by atoms with Crippen LogP contribution >= 0.6 is 0 Å². The summed E-state index contributed by atoms with van der Waals surface area (Å²) in [5.41, 5.74) is 5.47. The highest BCUT2D eigenvalue weighted by Gasteiger charge is 2.16. The van der Waals surface area contributed by atoms with Gasteiger partial charge < -0.3 is 19.4 Å². The van der Waals surface area contributed by atoms with Crippen molar-refractivity contribution in [1.29, 1.82) is 0 Å². The van der Waals surface area contributed by atoms with Crippen LogP contribution in [0.5, 0.6) is 11.5 Å². The van der Waals surface area contributed by atoms with Crippen LogP contribution in [0, 0.1) is 13.8 Å². The highest BCUT2D eigenvalue weighted by Crippen LogP contribution is 2.30. The number of nitrogens with zero attached hydrogens (tertiary/aromatic N) is 4. The molecule has 160 valence electrons. The Bertz CT molecular complexity index is 1190. The number of aromatic nitrogens is 4. The van der Waals surface area contributed by atoms with Crippen molar-refractivity contribution in [3.63, 3.8) is 0 Å². The fourth-order valence-corrected chi connectivity index (χ4v) is 3.83. The van der Waals surface area contributed by atoms with Gasteiger partial charge in [-0.25, -0.2) is 9.97 Å². The summed E-state index contributed by atoms with van der Waals surface area (Å²) >= 11 is 0. The first-order valence-corrected chi connectivity index (χ1v) is 10.3. The molecule has 0 aliphatic carbocycles. The van der Waals surface area contributed by atoms with Crippen molar-refractivity contribution >= 4 is 16.9 Å². The average molecular weight is 418 g/mol. The van der Waals surface area contributed by atoms with E-state index >= 15 is 0 Å². The Labute approximate surface area is 182 Å². The van der Waals surface area contributed by atoms with E-state index in [0.29, 0.717) is 6.54 Å². The number of fused-ring (bicyclic) bond motifs is 1. The molecule has 3 heterocycles. The van der Waals surface area contributed by atoms with Gasteiger partial charge in [0.1, 0.15) is 17.8 Å². The van der Waals surface area contributed by atoms with Gasteiger partial charge in [0.05, 0.1) is 31.8 Å². The molecule has 1 aromatic carbocycles. The topological polar surface area (TPSA) is 74.1 Å². The lowest BCUT2D eigenvalue weighted by Gasteiger charge is -2.11. The number of nitrogens with one attached hydrogen (secondary N) is 1. The second kappa shape index (κ2) is 9.04. The van der Waals surface area contributed by atoms with Gasteiger partial charge in [0, 0.05) is 18.4 Å². The lowest BCUT2D eigenvalue weighted by Crippen LogP contribution is -2.06. The lowest BCUT2D eigenvalue weighted by molar-refractivity contribution is 0.354. The molecule has 0 bridgehead atoms. The maximum Gasteiger partial charge on any atom is 0.160 e. The summed E-state index contributed by atoms with van der Waals surface area (Å²) in [6.45, 7) is 5.68. The molecule has 7 nitrogen and oxygen atoms in total. The quantitative estimate of drug-likeness (QED) is 0.460. The molecular weight excluding hydrogens is 390 g/mol. The van der Waals surface area contributed by atoms with Crippen molar-refractivity contribution in [1.82, 2.24) is 19.5 Å². The van der Waals surface area contributed by atoms with Gasteiger partial charge in [-0.2, -0.15) is 0 Å². The number of hydrogen-bond donors (Lipinski definition) is 1. The molecule has 0 unspecified atom stereocenters. The van der Waals surface area contributed by atoms with Gasteiger partial charge in [0.15, 0.2) is 11.5 Å². The molecule has 0 fully saturated rings. The van der Waals surface area contributed by atoms with Crippen LogP contribution in [-0.2, 0) is 19.5 Å². The van der Waals surface area contributed by atoms with Crippen LogP contribution in [0.1, 0.15) is 22.5 Å². The zero-order valence-electron chi connectivity index (χ0n) is 18.3. The summed E-state index contributed by atoms with van der Waals surface area (Å²) < 4.78 is 13.0. The van der Waals surface area contributed by atoms with E-state index in [2.05, 4.69) is 44.7 Å². The maximum absolute atomic E-state index is 5.44. The molecule has 0 spiro atoms. The first-order chi connectivity index (χ1) is 15.1. The number of pyridine rings is 1. The minimum atomic E-state index is 0.613. The highest BCUT2D eigenvalue weighted by molar-refractivity contribution is 5.91. The van der Waals surface area contributed by atoms with Gasteiger partial charge in [0.25, 0.3) is 0 Å². The summed E-state index contributed by atoms with van der Waals surface area (Å²) in [4.78, 5) is 13.5. The van der Waals surface area contributed by atoms with E-state index in [4.69, 9.17) is 9.47 Å². The molecule has 0 saturated heterocycles. The van der Waals surface area contributed by atoms with Crippen molar-refractivity contribution in [3.05, 3.63) is 71.4 Å². The zero-order valence-corrected chi connectivity index (χ0v) is 18.3. The molecule has 0 radical (unpaired) electrons. The SMILES string of the molecule is COc1ccc(CCn2c(C)c(C)c3c(NCc4ccccn4)ncnc32)cc1OC. The molecular formula is C24H27N5O2. The second-order valence-corrected chi connectivity index (χ2v) is 7.40. The van der Waals surface area contributed by atoms with Crippen molar-refractivity contribution in [2.75, 3.05) is 19.5 Å².